The molecular formula is C21H23FN2OS. The molecule has 1 aromatic carbocycles. The van der Waals surface area contributed by atoms with E-state index in [0.29, 0.717) is 17.9 Å². The minimum absolute atomic E-state index is 0.0402. The number of nitrogens with one attached hydrogen (secondary N) is 1. The molecule has 2 aromatic rings. The molecule has 5 heteroatoms. The average Bonchev–Trinajstić information content (AvgIpc) is 3.57. The van der Waals surface area contributed by atoms with Gasteiger partial charge in [0.15, 0.2) is 0 Å². The fourth-order valence-corrected chi connectivity index (χ4v) is 6.67. The highest BCUT2D eigenvalue weighted by atomic mass is 32.1. The van der Waals surface area contributed by atoms with Crippen LogP contribution in [-0.4, -0.2) is 35.5 Å². The topological polar surface area (TPSA) is 32.3 Å². The quantitative estimate of drug-likeness (QED) is 0.875. The molecule has 1 N–H and O–H groups in total. The zero-order valence-electron chi connectivity index (χ0n) is 14.8. The van der Waals surface area contributed by atoms with Gasteiger partial charge in [-0.15, -0.1) is 11.3 Å². The maximum absolute atomic E-state index is 14.3. The number of fused-ring (bicyclic) bond motifs is 3. The maximum atomic E-state index is 14.3. The largest absolute Gasteiger partial charge is 0.346 e. The highest BCUT2D eigenvalue weighted by Gasteiger charge is 2.60. The lowest BCUT2D eigenvalue weighted by Crippen LogP contribution is -2.65. The Morgan fingerprint density at radius 2 is 1.96 bits per heavy atom. The number of carbonyl (C=O) groups is 1. The van der Waals surface area contributed by atoms with Gasteiger partial charge in [0.2, 0.25) is 0 Å². The SMILES string of the molecule is O=C(NC1C2CCN(CC2)C12CC2)c1cc2ccc(F)c(C3CC3)c2s1. The first-order valence-electron chi connectivity index (χ1n) is 9.93. The molecule has 1 atom stereocenters. The van der Waals surface area contributed by atoms with Crippen LogP contribution in [0.5, 0.6) is 0 Å². The third kappa shape index (κ3) is 2.16. The van der Waals surface area contributed by atoms with Crippen LogP contribution in [-0.2, 0) is 0 Å². The van der Waals surface area contributed by atoms with Crippen molar-refractivity contribution < 1.29 is 9.18 Å². The second kappa shape index (κ2) is 5.29. The molecule has 4 heterocycles. The Kier molecular flexibility index (Phi) is 3.17. The normalized spacial score (nSPS) is 31.5. The van der Waals surface area contributed by atoms with Crippen LogP contribution in [0.15, 0.2) is 18.2 Å². The lowest BCUT2D eigenvalue weighted by atomic mass is 9.77. The van der Waals surface area contributed by atoms with Gasteiger partial charge in [-0.05, 0) is 81.0 Å². The van der Waals surface area contributed by atoms with Crippen LogP contribution in [0.1, 0.15) is 59.7 Å². The standard InChI is InChI=1S/C21H23FN2OS/c22-15-4-3-14-11-16(26-18(14)17(15)12-1-2-12)20(25)23-19-13-5-9-24(10-6-13)21(19)7-8-21/h3-4,11-13,19H,1-2,5-10H2,(H,23,25). The van der Waals surface area contributed by atoms with Crippen molar-refractivity contribution in [2.45, 2.75) is 56.0 Å². The van der Waals surface area contributed by atoms with Crippen LogP contribution in [0.4, 0.5) is 4.39 Å². The molecule has 2 saturated carbocycles. The van der Waals surface area contributed by atoms with E-state index >= 15 is 0 Å². The summed E-state index contributed by atoms with van der Waals surface area (Å²) in [7, 11) is 0. The Balaban J connectivity index is 1.32. The summed E-state index contributed by atoms with van der Waals surface area (Å²) in [6, 6.07) is 5.64. The maximum Gasteiger partial charge on any atom is 0.261 e. The van der Waals surface area contributed by atoms with Crippen LogP contribution in [0, 0.1) is 11.7 Å². The molecule has 5 fully saturated rings. The monoisotopic (exact) mass is 370 g/mol. The number of halogens is 1. The predicted molar refractivity (Wildman–Crippen MR) is 101 cm³/mol. The van der Waals surface area contributed by atoms with Crippen LogP contribution in [0.2, 0.25) is 0 Å². The molecule has 3 aliphatic heterocycles. The van der Waals surface area contributed by atoms with E-state index < -0.39 is 0 Å². The van der Waals surface area contributed by atoms with Crippen molar-refractivity contribution in [3.63, 3.8) is 0 Å². The van der Waals surface area contributed by atoms with Gasteiger partial charge < -0.3 is 5.32 Å². The summed E-state index contributed by atoms with van der Waals surface area (Å²) in [5.41, 5.74) is 1.09. The molecule has 0 radical (unpaired) electrons. The van der Waals surface area contributed by atoms with Crippen LogP contribution in [0.3, 0.4) is 0 Å². The molecule has 1 amide bonds. The highest BCUT2D eigenvalue weighted by Crippen LogP contribution is 2.54. The van der Waals surface area contributed by atoms with Gasteiger partial charge in [0.25, 0.3) is 5.91 Å². The molecule has 2 bridgehead atoms. The van der Waals surface area contributed by atoms with Crippen molar-refractivity contribution in [3.8, 4) is 0 Å². The number of rotatable bonds is 3. The Hall–Kier alpha value is -1.46. The Morgan fingerprint density at radius 1 is 1.19 bits per heavy atom. The van der Waals surface area contributed by atoms with Gasteiger partial charge >= 0.3 is 0 Å². The average molecular weight is 370 g/mol. The summed E-state index contributed by atoms with van der Waals surface area (Å²) in [6.45, 7) is 2.40. The lowest BCUT2D eigenvalue weighted by Gasteiger charge is -2.52. The fraction of sp³-hybridized carbons (Fsp3) is 0.571. The number of hydrogen-bond donors (Lipinski definition) is 1. The zero-order valence-corrected chi connectivity index (χ0v) is 15.6. The number of carbonyl (C=O) groups excluding carboxylic acids is 1. The first-order chi connectivity index (χ1) is 12.7. The summed E-state index contributed by atoms with van der Waals surface area (Å²) in [4.78, 5) is 16.4. The zero-order chi connectivity index (χ0) is 17.5. The fourth-order valence-electron chi connectivity index (χ4n) is 5.50. The van der Waals surface area contributed by atoms with E-state index in [4.69, 9.17) is 0 Å². The number of benzene rings is 1. The van der Waals surface area contributed by atoms with Crippen molar-refractivity contribution in [1.82, 2.24) is 10.2 Å². The van der Waals surface area contributed by atoms with Crippen LogP contribution >= 0.6 is 11.3 Å². The molecule has 1 unspecified atom stereocenters. The van der Waals surface area contributed by atoms with E-state index in [9.17, 15) is 9.18 Å². The Bertz CT molecular complexity index is 906. The van der Waals surface area contributed by atoms with Crippen molar-refractivity contribution >= 4 is 27.3 Å². The van der Waals surface area contributed by atoms with Gasteiger partial charge in [0, 0.05) is 15.8 Å². The number of hydrogen-bond acceptors (Lipinski definition) is 3. The first kappa shape index (κ1) is 15.6. The minimum atomic E-state index is -0.108. The summed E-state index contributed by atoms with van der Waals surface area (Å²) >= 11 is 1.48. The summed E-state index contributed by atoms with van der Waals surface area (Å²) in [5, 5.41) is 4.41. The molecule has 2 aliphatic carbocycles. The molecule has 5 aliphatic rings. The van der Waals surface area contributed by atoms with E-state index in [0.717, 1.165) is 33.4 Å². The first-order valence-corrected chi connectivity index (χ1v) is 10.8. The molecule has 3 nitrogen and oxygen atoms in total. The van der Waals surface area contributed by atoms with Gasteiger partial charge in [0.1, 0.15) is 5.82 Å². The van der Waals surface area contributed by atoms with E-state index in [-0.39, 0.29) is 17.3 Å². The number of amides is 1. The van der Waals surface area contributed by atoms with E-state index in [1.807, 2.05) is 12.1 Å². The molecule has 1 aromatic heterocycles. The van der Waals surface area contributed by atoms with Crippen molar-refractivity contribution in [1.29, 1.82) is 0 Å². The highest BCUT2D eigenvalue weighted by molar-refractivity contribution is 7.21. The van der Waals surface area contributed by atoms with Crippen molar-refractivity contribution in [2.75, 3.05) is 13.1 Å². The van der Waals surface area contributed by atoms with E-state index in [2.05, 4.69) is 10.2 Å². The summed E-state index contributed by atoms with van der Waals surface area (Å²) in [6.07, 6.45) is 6.98. The smallest absolute Gasteiger partial charge is 0.261 e. The summed E-state index contributed by atoms with van der Waals surface area (Å²) < 4.78 is 15.3. The number of nitrogens with zero attached hydrogens (tertiary/aromatic N) is 1. The van der Waals surface area contributed by atoms with Gasteiger partial charge in [0.05, 0.1) is 10.9 Å². The van der Waals surface area contributed by atoms with Crippen molar-refractivity contribution in [2.24, 2.45) is 5.92 Å². The summed E-state index contributed by atoms with van der Waals surface area (Å²) in [5.74, 6) is 0.909. The Morgan fingerprint density at radius 3 is 2.65 bits per heavy atom. The molecule has 136 valence electrons. The molecule has 3 saturated heterocycles. The predicted octanol–water partition coefficient (Wildman–Crippen LogP) is 4.27. The number of piperidine rings is 3. The molecular weight excluding hydrogens is 347 g/mol. The second-order valence-corrected chi connectivity index (χ2v) is 9.70. The Labute approximate surface area is 156 Å². The van der Waals surface area contributed by atoms with Gasteiger partial charge in [-0.3, -0.25) is 9.69 Å². The molecule has 7 rings (SSSR count). The van der Waals surface area contributed by atoms with Gasteiger partial charge in [-0.1, -0.05) is 6.07 Å². The third-order valence-electron chi connectivity index (χ3n) is 7.15. The minimum Gasteiger partial charge on any atom is -0.346 e. The van der Waals surface area contributed by atoms with E-state index in [1.165, 1.54) is 50.1 Å². The van der Waals surface area contributed by atoms with E-state index in [1.54, 1.807) is 6.07 Å². The molecule has 26 heavy (non-hydrogen) atoms. The number of thiophene rings is 1. The van der Waals surface area contributed by atoms with Crippen LogP contribution in [0.25, 0.3) is 10.1 Å². The van der Waals surface area contributed by atoms with Gasteiger partial charge in [-0.2, -0.15) is 0 Å². The van der Waals surface area contributed by atoms with Crippen molar-refractivity contribution in [3.05, 3.63) is 34.5 Å². The van der Waals surface area contributed by atoms with Crippen LogP contribution < -0.4 is 5.32 Å². The third-order valence-corrected chi connectivity index (χ3v) is 8.33. The second-order valence-electron chi connectivity index (χ2n) is 8.64. The lowest BCUT2D eigenvalue weighted by molar-refractivity contribution is -0.00138. The molecule has 1 spiro atoms. The van der Waals surface area contributed by atoms with Gasteiger partial charge in [-0.25, -0.2) is 4.39 Å².